The third-order valence-corrected chi connectivity index (χ3v) is 3.07. The van der Waals surface area contributed by atoms with Crippen molar-refractivity contribution in [2.75, 3.05) is 12.4 Å². The summed E-state index contributed by atoms with van der Waals surface area (Å²) in [7, 11) is 1.60. The number of anilines is 1. The van der Waals surface area contributed by atoms with Gasteiger partial charge in [-0.05, 0) is 29.3 Å². The lowest BCUT2D eigenvalue weighted by atomic mass is 10.1. The smallest absolute Gasteiger partial charge is 0.232 e. The van der Waals surface area contributed by atoms with Crippen molar-refractivity contribution in [2.45, 2.75) is 45.6 Å². The number of aromatic nitrogens is 2. The van der Waals surface area contributed by atoms with Gasteiger partial charge in [0.2, 0.25) is 11.8 Å². The van der Waals surface area contributed by atoms with Crippen LogP contribution >= 0.6 is 15.9 Å². The molecule has 5 heteroatoms. The van der Waals surface area contributed by atoms with Crippen LogP contribution in [0.4, 0.5) is 5.95 Å². The minimum atomic E-state index is 0.382. The Labute approximate surface area is 111 Å². The van der Waals surface area contributed by atoms with Crippen molar-refractivity contribution in [2.24, 2.45) is 0 Å². The highest BCUT2D eigenvalue weighted by atomic mass is 79.9. The fraction of sp³-hybridized carbons (Fsp3) is 0.667. The van der Waals surface area contributed by atoms with Crippen LogP contribution in [0.5, 0.6) is 5.88 Å². The van der Waals surface area contributed by atoms with E-state index in [0.717, 1.165) is 10.9 Å². The summed E-state index contributed by atoms with van der Waals surface area (Å²) >= 11 is 3.33. The van der Waals surface area contributed by atoms with E-state index in [1.165, 1.54) is 19.3 Å². The number of unbranched alkanes of at least 4 members (excludes halogenated alkanes) is 2. The number of nitrogens with zero attached hydrogens (tertiary/aromatic N) is 2. The molecule has 17 heavy (non-hydrogen) atoms. The van der Waals surface area contributed by atoms with Gasteiger partial charge in [-0.15, -0.1) is 0 Å². The molecule has 1 aromatic heterocycles. The summed E-state index contributed by atoms with van der Waals surface area (Å²) in [5.74, 6) is 1.18. The Morgan fingerprint density at radius 2 is 2.24 bits per heavy atom. The lowest BCUT2D eigenvalue weighted by molar-refractivity contribution is 0.394. The molecule has 0 aliphatic heterocycles. The molecule has 1 atom stereocenters. The second-order valence-electron chi connectivity index (χ2n) is 4.09. The largest absolute Gasteiger partial charge is 0.480 e. The quantitative estimate of drug-likeness (QED) is 0.781. The summed E-state index contributed by atoms with van der Waals surface area (Å²) in [5.41, 5.74) is 0. The van der Waals surface area contributed by atoms with Gasteiger partial charge in [0.15, 0.2) is 0 Å². The predicted octanol–water partition coefficient (Wildman–Crippen LogP) is 3.63. The van der Waals surface area contributed by atoms with Crippen molar-refractivity contribution in [1.29, 1.82) is 0 Å². The molecular weight excluding hydrogens is 282 g/mol. The summed E-state index contributed by atoms with van der Waals surface area (Å²) in [6.07, 6.45) is 6.59. The van der Waals surface area contributed by atoms with Crippen LogP contribution in [-0.2, 0) is 0 Å². The lowest BCUT2D eigenvalue weighted by Crippen LogP contribution is -2.17. The number of nitrogens with one attached hydrogen (secondary N) is 1. The third-order valence-electron chi connectivity index (χ3n) is 2.52. The molecule has 0 radical (unpaired) electrons. The number of halogens is 1. The van der Waals surface area contributed by atoms with Crippen LogP contribution in [-0.4, -0.2) is 23.1 Å². The standard InChI is InChI=1S/C12H20BrN3O/c1-4-5-6-7-9(2)15-12-14-8-10(13)11(16-12)17-3/h8-9H,4-7H2,1-3H3,(H,14,15,16). The van der Waals surface area contributed by atoms with Gasteiger partial charge in [0, 0.05) is 6.04 Å². The average Bonchev–Trinajstić information content (AvgIpc) is 2.32. The molecular formula is C12H20BrN3O. The molecule has 96 valence electrons. The Morgan fingerprint density at radius 1 is 1.47 bits per heavy atom. The van der Waals surface area contributed by atoms with E-state index in [4.69, 9.17) is 4.74 Å². The van der Waals surface area contributed by atoms with Gasteiger partial charge in [0.1, 0.15) is 0 Å². The van der Waals surface area contributed by atoms with Crippen LogP contribution in [0.1, 0.15) is 39.5 Å². The van der Waals surface area contributed by atoms with Crippen LogP contribution in [0.3, 0.4) is 0 Å². The maximum atomic E-state index is 5.13. The topological polar surface area (TPSA) is 47.0 Å². The van der Waals surface area contributed by atoms with Gasteiger partial charge in [-0.3, -0.25) is 0 Å². The molecule has 0 fully saturated rings. The number of methoxy groups -OCH3 is 1. The van der Waals surface area contributed by atoms with E-state index in [1.54, 1.807) is 13.3 Å². The number of ether oxygens (including phenoxy) is 1. The molecule has 0 saturated carbocycles. The average molecular weight is 302 g/mol. The van der Waals surface area contributed by atoms with E-state index in [0.29, 0.717) is 17.9 Å². The monoisotopic (exact) mass is 301 g/mol. The second kappa shape index (κ2) is 7.48. The van der Waals surface area contributed by atoms with E-state index in [1.807, 2.05) is 0 Å². The summed E-state index contributed by atoms with van der Waals surface area (Å²) in [4.78, 5) is 8.47. The van der Waals surface area contributed by atoms with E-state index in [-0.39, 0.29) is 0 Å². The third kappa shape index (κ3) is 4.89. The molecule has 0 aliphatic rings. The van der Waals surface area contributed by atoms with Gasteiger partial charge in [-0.2, -0.15) is 4.98 Å². The SMILES string of the molecule is CCCCCC(C)Nc1ncc(Br)c(OC)n1. The molecule has 1 heterocycles. The first-order chi connectivity index (χ1) is 8.17. The fourth-order valence-corrected chi connectivity index (χ4v) is 1.91. The van der Waals surface area contributed by atoms with Gasteiger partial charge in [-0.1, -0.05) is 26.2 Å². The Kier molecular flexibility index (Phi) is 6.26. The summed E-state index contributed by atoms with van der Waals surface area (Å²) in [6.45, 7) is 4.36. The molecule has 1 unspecified atom stereocenters. The molecule has 1 aromatic rings. The molecule has 1 N–H and O–H groups in total. The predicted molar refractivity (Wildman–Crippen MR) is 73.5 cm³/mol. The Bertz CT molecular complexity index is 347. The minimum Gasteiger partial charge on any atom is -0.480 e. The first-order valence-electron chi connectivity index (χ1n) is 6.00. The zero-order valence-electron chi connectivity index (χ0n) is 10.7. The molecule has 0 amide bonds. The number of rotatable bonds is 7. The van der Waals surface area contributed by atoms with Crippen molar-refractivity contribution in [3.8, 4) is 5.88 Å². The molecule has 0 bridgehead atoms. The summed E-state index contributed by atoms with van der Waals surface area (Å²) in [6, 6.07) is 0.382. The summed E-state index contributed by atoms with van der Waals surface area (Å²) in [5, 5.41) is 3.28. The van der Waals surface area contributed by atoms with E-state index < -0.39 is 0 Å². The van der Waals surface area contributed by atoms with E-state index >= 15 is 0 Å². The van der Waals surface area contributed by atoms with Crippen molar-refractivity contribution >= 4 is 21.9 Å². The van der Waals surface area contributed by atoms with Gasteiger partial charge < -0.3 is 10.1 Å². The highest BCUT2D eigenvalue weighted by Gasteiger charge is 2.07. The van der Waals surface area contributed by atoms with Gasteiger partial charge >= 0.3 is 0 Å². The molecule has 4 nitrogen and oxygen atoms in total. The number of hydrogen-bond donors (Lipinski definition) is 1. The van der Waals surface area contributed by atoms with Crippen molar-refractivity contribution in [1.82, 2.24) is 9.97 Å². The zero-order chi connectivity index (χ0) is 12.7. The highest BCUT2D eigenvalue weighted by molar-refractivity contribution is 9.10. The van der Waals surface area contributed by atoms with E-state index in [9.17, 15) is 0 Å². The van der Waals surface area contributed by atoms with Crippen LogP contribution in [0, 0.1) is 0 Å². The highest BCUT2D eigenvalue weighted by Crippen LogP contribution is 2.22. The van der Waals surface area contributed by atoms with Crippen LogP contribution < -0.4 is 10.1 Å². The van der Waals surface area contributed by atoms with E-state index in [2.05, 4.69) is 45.1 Å². The molecule has 0 aromatic carbocycles. The van der Waals surface area contributed by atoms with Crippen LogP contribution in [0.25, 0.3) is 0 Å². The van der Waals surface area contributed by atoms with Gasteiger partial charge in [0.25, 0.3) is 0 Å². The maximum Gasteiger partial charge on any atom is 0.232 e. The van der Waals surface area contributed by atoms with Gasteiger partial charge in [-0.25, -0.2) is 4.98 Å². The first-order valence-corrected chi connectivity index (χ1v) is 6.79. The fourth-order valence-electron chi connectivity index (χ4n) is 1.56. The Hall–Kier alpha value is -0.840. The first kappa shape index (κ1) is 14.2. The molecule has 0 aliphatic carbocycles. The second-order valence-corrected chi connectivity index (χ2v) is 4.95. The minimum absolute atomic E-state index is 0.382. The van der Waals surface area contributed by atoms with Crippen molar-refractivity contribution in [3.63, 3.8) is 0 Å². The summed E-state index contributed by atoms with van der Waals surface area (Å²) < 4.78 is 5.90. The normalized spacial score (nSPS) is 12.2. The zero-order valence-corrected chi connectivity index (χ0v) is 12.2. The Morgan fingerprint density at radius 3 is 2.88 bits per heavy atom. The Balaban J connectivity index is 2.50. The molecule has 1 rings (SSSR count). The molecule has 0 spiro atoms. The van der Waals surface area contributed by atoms with Crippen LogP contribution in [0.15, 0.2) is 10.7 Å². The molecule has 0 saturated heterocycles. The van der Waals surface area contributed by atoms with Crippen LogP contribution in [0.2, 0.25) is 0 Å². The van der Waals surface area contributed by atoms with Crippen molar-refractivity contribution < 1.29 is 4.74 Å². The van der Waals surface area contributed by atoms with Gasteiger partial charge in [0.05, 0.1) is 17.8 Å². The number of hydrogen-bond acceptors (Lipinski definition) is 4. The maximum absolute atomic E-state index is 5.13. The lowest BCUT2D eigenvalue weighted by Gasteiger charge is -2.14. The van der Waals surface area contributed by atoms with Crippen molar-refractivity contribution in [3.05, 3.63) is 10.7 Å².